The summed E-state index contributed by atoms with van der Waals surface area (Å²) in [6.07, 6.45) is 5.92. The predicted octanol–water partition coefficient (Wildman–Crippen LogP) is 1.66. The molecule has 0 fully saturated rings. The number of hydrogen-bond acceptors (Lipinski definition) is 2. The first-order chi connectivity index (χ1) is 5.22. The lowest BCUT2D eigenvalue weighted by atomic mass is 10.2. The molecular formula is C9H16N2. The third-order valence-electron chi connectivity index (χ3n) is 1.39. The molecule has 0 rings (SSSR count). The largest absolute Gasteiger partial charge is 0.401 e. The molecular weight excluding hydrogens is 136 g/mol. The fourth-order valence-electron chi connectivity index (χ4n) is 0.705. The second-order valence-corrected chi connectivity index (χ2v) is 2.37. The summed E-state index contributed by atoms with van der Waals surface area (Å²) < 4.78 is 0. The van der Waals surface area contributed by atoms with E-state index in [-0.39, 0.29) is 0 Å². The van der Waals surface area contributed by atoms with Crippen molar-refractivity contribution in [2.45, 2.75) is 19.3 Å². The standard InChI is InChI=1S/C9H16N2/c1-3-5-7-9(11)8(10)6-4-2/h3-4H,1-2,5-7,10-11H2. The van der Waals surface area contributed by atoms with Crippen molar-refractivity contribution >= 4 is 0 Å². The van der Waals surface area contributed by atoms with Crippen LogP contribution in [0.5, 0.6) is 0 Å². The van der Waals surface area contributed by atoms with Crippen LogP contribution in [0.1, 0.15) is 19.3 Å². The Morgan fingerprint density at radius 3 is 2.18 bits per heavy atom. The van der Waals surface area contributed by atoms with Crippen molar-refractivity contribution in [2.24, 2.45) is 11.5 Å². The molecule has 0 aliphatic carbocycles. The van der Waals surface area contributed by atoms with E-state index in [9.17, 15) is 0 Å². The minimum Gasteiger partial charge on any atom is -0.401 e. The fraction of sp³-hybridized carbons (Fsp3) is 0.333. The van der Waals surface area contributed by atoms with Crippen molar-refractivity contribution in [3.63, 3.8) is 0 Å². The molecule has 4 N–H and O–H groups in total. The van der Waals surface area contributed by atoms with Crippen LogP contribution < -0.4 is 11.5 Å². The van der Waals surface area contributed by atoms with Gasteiger partial charge >= 0.3 is 0 Å². The second-order valence-electron chi connectivity index (χ2n) is 2.37. The molecule has 62 valence electrons. The molecule has 0 aromatic carbocycles. The summed E-state index contributed by atoms with van der Waals surface area (Å²) in [4.78, 5) is 0. The van der Waals surface area contributed by atoms with Gasteiger partial charge in [-0.3, -0.25) is 0 Å². The maximum Gasteiger partial charge on any atom is 0.0309 e. The number of allylic oxidation sites excluding steroid dienone is 3. The molecule has 0 radical (unpaired) electrons. The zero-order valence-corrected chi connectivity index (χ0v) is 6.84. The Bertz CT molecular complexity index is 168. The SMILES string of the molecule is C=CCCC(N)=C(N)CC=C. The molecule has 0 spiro atoms. The van der Waals surface area contributed by atoms with Crippen molar-refractivity contribution < 1.29 is 0 Å². The summed E-state index contributed by atoms with van der Waals surface area (Å²) in [5.74, 6) is 0. The van der Waals surface area contributed by atoms with Crippen LogP contribution in [0.2, 0.25) is 0 Å². The van der Waals surface area contributed by atoms with E-state index in [0.29, 0.717) is 6.42 Å². The highest BCUT2D eigenvalue weighted by molar-refractivity contribution is 5.10. The van der Waals surface area contributed by atoms with Gasteiger partial charge in [-0.2, -0.15) is 0 Å². The molecule has 0 bridgehead atoms. The first kappa shape index (κ1) is 9.82. The van der Waals surface area contributed by atoms with Crippen molar-refractivity contribution in [3.05, 3.63) is 36.7 Å². The molecule has 11 heavy (non-hydrogen) atoms. The second kappa shape index (κ2) is 5.59. The zero-order valence-electron chi connectivity index (χ0n) is 6.84. The Hall–Kier alpha value is -1.18. The van der Waals surface area contributed by atoms with Crippen LogP contribution in [-0.4, -0.2) is 0 Å². The van der Waals surface area contributed by atoms with E-state index in [4.69, 9.17) is 11.5 Å². The third-order valence-corrected chi connectivity index (χ3v) is 1.39. The normalized spacial score (nSPS) is 12.0. The molecule has 0 saturated heterocycles. The van der Waals surface area contributed by atoms with E-state index in [1.807, 2.05) is 6.08 Å². The molecule has 2 nitrogen and oxygen atoms in total. The Kier molecular flexibility index (Phi) is 4.99. The van der Waals surface area contributed by atoms with Crippen LogP contribution in [0, 0.1) is 0 Å². The van der Waals surface area contributed by atoms with Gasteiger partial charge in [-0.15, -0.1) is 13.2 Å². The number of rotatable bonds is 5. The van der Waals surface area contributed by atoms with Crippen LogP contribution in [0.25, 0.3) is 0 Å². The van der Waals surface area contributed by atoms with E-state index >= 15 is 0 Å². The monoisotopic (exact) mass is 152 g/mol. The van der Waals surface area contributed by atoms with Gasteiger partial charge in [-0.05, 0) is 12.8 Å². The van der Waals surface area contributed by atoms with Crippen molar-refractivity contribution in [2.75, 3.05) is 0 Å². The Balaban J connectivity index is 3.92. The van der Waals surface area contributed by atoms with E-state index in [0.717, 1.165) is 24.2 Å². The highest BCUT2D eigenvalue weighted by atomic mass is 14.7. The van der Waals surface area contributed by atoms with Gasteiger partial charge in [0.05, 0.1) is 0 Å². The first-order valence-electron chi connectivity index (χ1n) is 3.67. The third kappa shape index (κ3) is 4.25. The van der Waals surface area contributed by atoms with Crippen molar-refractivity contribution in [1.29, 1.82) is 0 Å². The van der Waals surface area contributed by atoms with Gasteiger partial charge < -0.3 is 11.5 Å². The number of nitrogens with two attached hydrogens (primary N) is 2. The Labute approximate surface area is 68.3 Å². The quantitative estimate of drug-likeness (QED) is 0.589. The molecule has 0 aromatic rings. The lowest BCUT2D eigenvalue weighted by molar-refractivity contribution is 0.915. The predicted molar refractivity (Wildman–Crippen MR) is 49.6 cm³/mol. The summed E-state index contributed by atoms with van der Waals surface area (Å²) in [5, 5.41) is 0. The summed E-state index contributed by atoms with van der Waals surface area (Å²) in [5.41, 5.74) is 12.7. The van der Waals surface area contributed by atoms with Gasteiger partial charge in [0.25, 0.3) is 0 Å². The lowest BCUT2D eigenvalue weighted by Gasteiger charge is -2.02. The lowest BCUT2D eigenvalue weighted by Crippen LogP contribution is -2.08. The Morgan fingerprint density at radius 2 is 1.73 bits per heavy atom. The highest BCUT2D eigenvalue weighted by Gasteiger charge is 1.94. The minimum atomic E-state index is 0.670. The van der Waals surface area contributed by atoms with Crippen LogP contribution in [0.4, 0.5) is 0 Å². The molecule has 0 unspecified atom stereocenters. The van der Waals surface area contributed by atoms with E-state index in [2.05, 4.69) is 13.2 Å². The summed E-state index contributed by atoms with van der Waals surface area (Å²) >= 11 is 0. The zero-order chi connectivity index (χ0) is 8.69. The van der Waals surface area contributed by atoms with E-state index in [1.165, 1.54) is 0 Å². The molecule has 0 heterocycles. The van der Waals surface area contributed by atoms with Gasteiger partial charge in [0.2, 0.25) is 0 Å². The number of hydrogen-bond donors (Lipinski definition) is 2. The smallest absolute Gasteiger partial charge is 0.0309 e. The van der Waals surface area contributed by atoms with Gasteiger partial charge in [-0.1, -0.05) is 12.2 Å². The van der Waals surface area contributed by atoms with Crippen molar-refractivity contribution in [3.8, 4) is 0 Å². The van der Waals surface area contributed by atoms with Crippen LogP contribution >= 0.6 is 0 Å². The molecule has 0 saturated carbocycles. The molecule has 0 aromatic heterocycles. The van der Waals surface area contributed by atoms with Crippen LogP contribution in [0.15, 0.2) is 36.7 Å². The summed E-state index contributed by atoms with van der Waals surface area (Å²) in [6.45, 7) is 7.17. The summed E-state index contributed by atoms with van der Waals surface area (Å²) in [7, 11) is 0. The average molecular weight is 152 g/mol. The minimum absolute atomic E-state index is 0.670. The van der Waals surface area contributed by atoms with Crippen LogP contribution in [-0.2, 0) is 0 Å². The fourth-order valence-corrected chi connectivity index (χ4v) is 0.705. The molecule has 0 amide bonds. The van der Waals surface area contributed by atoms with Gasteiger partial charge in [0, 0.05) is 17.8 Å². The van der Waals surface area contributed by atoms with Gasteiger partial charge in [0.15, 0.2) is 0 Å². The average Bonchev–Trinajstić information content (AvgIpc) is 2.00. The maximum atomic E-state index is 5.65. The topological polar surface area (TPSA) is 52.0 Å². The molecule has 0 aliphatic rings. The first-order valence-corrected chi connectivity index (χ1v) is 3.67. The van der Waals surface area contributed by atoms with Gasteiger partial charge in [-0.25, -0.2) is 0 Å². The summed E-state index contributed by atoms with van der Waals surface area (Å²) in [6, 6.07) is 0. The van der Waals surface area contributed by atoms with E-state index < -0.39 is 0 Å². The van der Waals surface area contributed by atoms with Crippen LogP contribution in [0.3, 0.4) is 0 Å². The van der Waals surface area contributed by atoms with Crippen molar-refractivity contribution in [1.82, 2.24) is 0 Å². The maximum absolute atomic E-state index is 5.65. The van der Waals surface area contributed by atoms with E-state index in [1.54, 1.807) is 6.08 Å². The molecule has 2 heteroatoms. The highest BCUT2D eigenvalue weighted by Crippen LogP contribution is 2.04. The molecule has 0 atom stereocenters. The Morgan fingerprint density at radius 1 is 1.09 bits per heavy atom. The molecule has 0 aliphatic heterocycles. The van der Waals surface area contributed by atoms with Gasteiger partial charge in [0.1, 0.15) is 0 Å².